The number of aromatic nitrogens is 1. The van der Waals surface area contributed by atoms with Crippen molar-refractivity contribution < 1.29 is 14.3 Å². The molecule has 6 nitrogen and oxygen atoms in total. The maximum absolute atomic E-state index is 12.4. The van der Waals surface area contributed by atoms with Gasteiger partial charge < -0.3 is 9.64 Å². The average Bonchev–Trinajstić information content (AvgIpc) is 3.18. The molecular formula is C26H31N3O3S2. The summed E-state index contributed by atoms with van der Waals surface area (Å²) in [4.78, 5) is 32.4. The molecule has 2 aromatic carbocycles. The van der Waals surface area contributed by atoms with Gasteiger partial charge in [-0.05, 0) is 57.4 Å². The summed E-state index contributed by atoms with van der Waals surface area (Å²) in [5.74, 6) is -0.496. The molecule has 0 radical (unpaired) electrons. The van der Waals surface area contributed by atoms with Gasteiger partial charge in [-0.2, -0.15) is 0 Å². The first-order valence-electron chi connectivity index (χ1n) is 11.1. The Morgan fingerprint density at radius 1 is 1.06 bits per heavy atom. The third kappa shape index (κ3) is 7.33. The molecule has 0 spiro atoms. The van der Waals surface area contributed by atoms with Gasteiger partial charge in [0.2, 0.25) is 0 Å². The van der Waals surface area contributed by atoms with Gasteiger partial charge in [-0.25, -0.2) is 9.78 Å². The lowest BCUT2D eigenvalue weighted by Gasteiger charge is -2.22. The molecule has 0 atom stereocenters. The topological polar surface area (TPSA) is 71.5 Å². The number of amides is 1. The summed E-state index contributed by atoms with van der Waals surface area (Å²) < 4.78 is 8.20. The lowest BCUT2D eigenvalue weighted by Crippen LogP contribution is -2.26. The van der Waals surface area contributed by atoms with Crippen LogP contribution in [-0.4, -0.2) is 35.3 Å². The van der Waals surface area contributed by atoms with Crippen LogP contribution in [0.1, 0.15) is 57.6 Å². The van der Waals surface area contributed by atoms with E-state index in [0.29, 0.717) is 17.8 Å². The van der Waals surface area contributed by atoms with Crippen LogP contribution in [0.2, 0.25) is 0 Å². The first-order valence-corrected chi connectivity index (χ1v) is 13.1. The van der Waals surface area contributed by atoms with Crippen LogP contribution in [0, 0.1) is 6.92 Å². The summed E-state index contributed by atoms with van der Waals surface area (Å²) in [5, 5.41) is 0.818. The number of carbonyl (C=O) groups is 2. The molecule has 0 aliphatic rings. The molecule has 8 heteroatoms. The number of thiazole rings is 1. The molecule has 34 heavy (non-hydrogen) atoms. The maximum Gasteiger partial charge on any atom is 0.338 e. The fraction of sp³-hybridized carbons (Fsp3) is 0.346. The number of aryl methyl sites for hydroxylation is 1. The van der Waals surface area contributed by atoms with Gasteiger partial charge in [-0.3, -0.25) is 9.52 Å². The van der Waals surface area contributed by atoms with Crippen molar-refractivity contribution in [3.05, 3.63) is 81.9 Å². The Kier molecular flexibility index (Phi) is 8.74. The zero-order valence-corrected chi connectivity index (χ0v) is 21.9. The van der Waals surface area contributed by atoms with Crippen molar-refractivity contribution in [2.24, 2.45) is 0 Å². The smallest absolute Gasteiger partial charge is 0.338 e. The third-order valence-corrected chi connectivity index (χ3v) is 6.36. The van der Waals surface area contributed by atoms with Crippen molar-refractivity contribution in [1.29, 1.82) is 0 Å². The molecule has 0 fully saturated rings. The summed E-state index contributed by atoms with van der Waals surface area (Å²) in [6.07, 6.45) is 2.59. The summed E-state index contributed by atoms with van der Waals surface area (Å²) in [7, 11) is 0. The average molecular weight is 498 g/mol. The van der Waals surface area contributed by atoms with E-state index in [1.165, 1.54) is 28.8 Å². The van der Waals surface area contributed by atoms with Gasteiger partial charge >= 0.3 is 5.97 Å². The minimum absolute atomic E-state index is 0.176. The molecule has 180 valence electrons. The van der Waals surface area contributed by atoms with E-state index < -0.39 is 5.60 Å². The fourth-order valence-electron chi connectivity index (χ4n) is 3.32. The van der Waals surface area contributed by atoms with Crippen molar-refractivity contribution in [2.45, 2.75) is 46.3 Å². The molecule has 0 bridgehead atoms. The van der Waals surface area contributed by atoms with Gasteiger partial charge in [0, 0.05) is 24.2 Å². The van der Waals surface area contributed by atoms with E-state index in [1.807, 2.05) is 76.4 Å². The van der Waals surface area contributed by atoms with Gasteiger partial charge in [-0.1, -0.05) is 54.4 Å². The monoisotopic (exact) mass is 497 g/mol. The number of nitrogens with one attached hydrogen (secondary N) is 1. The second kappa shape index (κ2) is 11.5. The number of hydrogen-bond donors (Lipinski definition) is 1. The van der Waals surface area contributed by atoms with Gasteiger partial charge in [0.15, 0.2) is 5.13 Å². The third-order valence-electron chi connectivity index (χ3n) is 4.94. The number of nitrogens with zero attached hydrogens (tertiary/aromatic N) is 2. The number of ether oxygens (including phenoxy) is 1. The first kappa shape index (κ1) is 25.8. The molecule has 3 aromatic rings. The summed E-state index contributed by atoms with van der Waals surface area (Å²) in [6.45, 7) is 8.90. The normalized spacial score (nSPS) is 11.2. The highest BCUT2D eigenvalue weighted by atomic mass is 32.2. The molecule has 1 heterocycles. The summed E-state index contributed by atoms with van der Waals surface area (Å²) >= 11 is 2.79. The Labute approximate surface area is 209 Å². The van der Waals surface area contributed by atoms with Crippen LogP contribution in [-0.2, 0) is 17.7 Å². The van der Waals surface area contributed by atoms with Crippen LogP contribution >= 0.6 is 23.3 Å². The predicted octanol–water partition coefficient (Wildman–Crippen LogP) is 5.66. The second-order valence-corrected chi connectivity index (χ2v) is 10.7. The minimum atomic E-state index is -0.523. The number of hydrogen-bond acceptors (Lipinski definition) is 7. The van der Waals surface area contributed by atoms with E-state index in [9.17, 15) is 9.59 Å². The molecule has 0 saturated heterocycles. The van der Waals surface area contributed by atoms with Crippen molar-refractivity contribution in [1.82, 2.24) is 9.71 Å². The molecule has 1 N–H and O–H groups in total. The van der Waals surface area contributed by atoms with Crippen molar-refractivity contribution in [3.63, 3.8) is 0 Å². The highest BCUT2D eigenvalue weighted by Crippen LogP contribution is 2.28. The Hall–Kier alpha value is -2.84. The molecule has 0 aliphatic heterocycles. The van der Waals surface area contributed by atoms with Gasteiger partial charge in [0.1, 0.15) is 11.3 Å². The number of carbonyl (C=O) groups excluding carboxylic acids is 2. The summed E-state index contributed by atoms with van der Waals surface area (Å²) in [6, 6.07) is 17.8. The van der Waals surface area contributed by atoms with Crippen LogP contribution < -0.4 is 9.62 Å². The Balaban J connectivity index is 1.76. The van der Waals surface area contributed by atoms with Crippen LogP contribution in [0.25, 0.3) is 0 Å². The summed E-state index contributed by atoms with van der Waals surface area (Å²) in [5.41, 5.74) is 2.77. The Morgan fingerprint density at radius 2 is 1.74 bits per heavy atom. The maximum atomic E-state index is 12.4. The van der Waals surface area contributed by atoms with Gasteiger partial charge in [0.05, 0.1) is 5.56 Å². The molecule has 0 aliphatic carbocycles. The number of rotatable bonds is 9. The lowest BCUT2D eigenvalue weighted by atomic mass is 10.1. The van der Waals surface area contributed by atoms with Crippen LogP contribution in [0.5, 0.6) is 0 Å². The fourth-order valence-corrected chi connectivity index (χ4v) is 4.54. The number of anilines is 1. The van der Waals surface area contributed by atoms with E-state index in [2.05, 4.69) is 26.7 Å². The number of esters is 1. The largest absolute Gasteiger partial charge is 0.456 e. The molecular weight excluding hydrogens is 466 g/mol. The van der Waals surface area contributed by atoms with E-state index in [1.54, 1.807) is 0 Å². The van der Waals surface area contributed by atoms with E-state index in [-0.39, 0.29) is 11.9 Å². The number of benzene rings is 2. The molecule has 3 rings (SSSR count). The van der Waals surface area contributed by atoms with Crippen LogP contribution in [0.15, 0.2) is 54.6 Å². The van der Waals surface area contributed by atoms with Crippen LogP contribution in [0.4, 0.5) is 5.13 Å². The van der Waals surface area contributed by atoms with Gasteiger partial charge in [-0.15, -0.1) is 11.3 Å². The molecule has 0 saturated carbocycles. The highest BCUT2D eigenvalue weighted by molar-refractivity contribution is 7.97. The highest BCUT2D eigenvalue weighted by Gasteiger charge is 2.20. The zero-order valence-electron chi connectivity index (χ0n) is 20.3. The second-order valence-electron chi connectivity index (χ2n) is 8.89. The van der Waals surface area contributed by atoms with Crippen molar-refractivity contribution in [3.8, 4) is 0 Å². The van der Waals surface area contributed by atoms with E-state index >= 15 is 0 Å². The SMILES string of the molecule is CSNC(=O)c1nc(N(CCc2ccc(C(=O)OC(C)(C)C)cc2)Cc2ccccc2)sc1C. The quantitative estimate of drug-likeness (QED) is 0.304. The minimum Gasteiger partial charge on any atom is -0.456 e. The van der Waals surface area contributed by atoms with E-state index in [4.69, 9.17) is 4.74 Å². The Morgan fingerprint density at radius 3 is 2.35 bits per heavy atom. The molecule has 0 unspecified atom stereocenters. The van der Waals surface area contributed by atoms with Crippen molar-refractivity contribution >= 4 is 40.3 Å². The van der Waals surface area contributed by atoms with Crippen LogP contribution in [0.3, 0.4) is 0 Å². The van der Waals surface area contributed by atoms with Crippen molar-refractivity contribution in [2.75, 3.05) is 17.7 Å². The molecule has 1 amide bonds. The zero-order chi connectivity index (χ0) is 24.7. The van der Waals surface area contributed by atoms with Gasteiger partial charge in [0.25, 0.3) is 5.91 Å². The predicted molar refractivity (Wildman–Crippen MR) is 141 cm³/mol. The van der Waals surface area contributed by atoms with E-state index in [0.717, 1.165) is 28.5 Å². The standard InChI is InChI=1S/C26H31N3O3S2/c1-18-22(23(30)28-33-5)27-25(34-18)29(17-20-9-7-6-8-10-20)16-15-19-11-13-21(14-12-19)24(31)32-26(2,3)4/h6-14H,15-17H2,1-5H3,(H,28,30). The molecule has 1 aromatic heterocycles. The Bertz CT molecular complexity index is 1110. The lowest BCUT2D eigenvalue weighted by molar-refractivity contribution is 0.00694. The first-order chi connectivity index (χ1) is 16.2.